The Balaban J connectivity index is 1.08. The fourth-order valence-corrected chi connectivity index (χ4v) is 9.48. The fourth-order valence-electron chi connectivity index (χ4n) is 9.48. The van der Waals surface area contributed by atoms with Gasteiger partial charge in [0.05, 0.1) is 51.2 Å². The highest BCUT2D eigenvalue weighted by molar-refractivity contribution is 5.74. The lowest BCUT2D eigenvalue weighted by Crippen LogP contribution is -2.47. The summed E-state index contributed by atoms with van der Waals surface area (Å²) in [5, 5.41) is 5.86. The lowest BCUT2D eigenvalue weighted by atomic mass is 9.97. The van der Waals surface area contributed by atoms with Gasteiger partial charge in [-0.15, -0.1) is 0 Å². The van der Waals surface area contributed by atoms with E-state index in [9.17, 15) is 14.4 Å². The van der Waals surface area contributed by atoms with Crippen molar-refractivity contribution in [1.29, 1.82) is 0 Å². The van der Waals surface area contributed by atoms with Gasteiger partial charge in [-0.05, 0) is 112 Å². The normalized spacial score (nSPS) is 13.1. The number of ether oxygens (including phenoxy) is 4. The van der Waals surface area contributed by atoms with Gasteiger partial charge in [0.2, 0.25) is 0 Å². The van der Waals surface area contributed by atoms with Crippen LogP contribution in [0, 0.1) is 41.5 Å². The molecule has 0 aliphatic carbocycles. The highest BCUT2D eigenvalue weighted by Crippen LogP contribution is 2.39. The number of fused-ring (bicyclic) bond motifs is 6. The Morgan fingerprint density at radius 2 is 0.879 bits per heavy atom. The predicted octanol–water partition coefficient (Wildman–Crippen LogP) is 6.41. The third-order valence-electron chi connectivity index (χ3n) is 12.5. The van der Waals surface area contributed by atoms with Crippen LogP contribution < -0.4 is 51.9 Å². The summed E-state index contributed by atoms with van der Waals surface area (Å²) in [4.78, 5) is 52.6. The summed E-state index contributed by atoms with van der Waals surface area (Å²) in [6.45, 7) is 13.7. The zero-order valence-electron chi connectivity index (χ0n) is 39.5. The van der Waals surface area contributed by atoms with Crippen LogP contribution in [0.5, 0.6) is 23.0 Å². The number of hydrogen-bond acceptors (Lipinski definition) is 9. The second-order valence-corrected chi connectivity index (χ2v) is 17.1. The van der Waals surface area contributed by atoms with E-state index in [1.807, 2.05) is 77.9 Å². The average molecular weight is 895 g/mol. The van der Waals surface area contributed by atoms with E-state index in [1.165, 1.54) is 0 Å². The molecule has 0 spiro atoms. The number of methoxy groups -OCH3 is 4. The zero-order valence-corrected chi connectivity index (χ0v) is 39.5. The summed E-state index contributed by atoms with van der Waals surface area (Å²) >= 11 is 0. The summed E-state index contributed by atoms with van der Waals surface area (Å²) < 4.78 is 29.2. The molecule has 4 heterocycles. The number of carbonyl (C=O) groups is 1. The Kier molecular flexibility index (Phi) is 12.8. The minimum atomic E-state index is -0.440. The van der Waals surface area contributed by atoms with E-state index < -0.39 is 6.03 Å². The molecule has 2 amide bonds. The molecule has 2 aromatic heterocycles. The van der Waals surface area contributed by atoms with Crippen LogP contribution in [0.4, 0.5) is 16.2 Å². The number of hydrogen-bond donors (Lipinski definition) is 2. The van der Waals surface area contributed by atoms with Crippen LogP contribution in [0.25, 0.3) is 22.5 Å². The Hall–Kier alpha value is -7.29. The Morgan fingerprint density at radius 3 is 1.23 bits per heavy atom. The molecule has 0 saturated heterocycles. The molecular weight excluding hydrogens is 837 g/mol. The fraction of sp³-hybridized carbons (Fsp3) is 0.353. The van der Waals surface area contributed by atoms with Crippen molar-refractivity contribution < 1.29 is 23.7 Å². The van der Waals surface area contributed by atoms with Crippen LogP contribution >= 0.6 is 0 Å². The highest BCUT2D eigenvalue weighted by Gasteiger charge is 2.25. The third kappa shape index (κ3) is 8.64. The quantitative estimate of drug-likeness (QED) is 0.144. The van der Waals surface area contributed by atoms with E-state index >= 15 is 0 Å². The largest absolute Gasteiger partial charge is 0.493 e. The summed E-state index contributed by atoms with van der Waals surface area (Å²) in [5.74, 6) is 2.39. The van der Waals surface area contributed by atoms with Gasteiger partial charge in [-0.25, -0.2) is 24.4 Å². The van der Waals surface area contributed by atoms with E-state index in [2.05, 4.69) is 34.9 Å². The zero-order chi connectivity index (χ0) is 47.0. The van der Waals surface area contributed by atoms with E-state index in [-0.39, 0.29) is 37.6 Å². The number of urea groups is 1. The summed E-state index contributed by atoms with van der Waals surface area (Å²) in [7, 11) is 6.40. The molecule has 0 fully saturated rings. The van der Waals surface area contributed by atoms with Crippen LogP contribution in [-0.4, -0.2) is 65.8 Å². The number of rotatable bonds is 12. The number of nitrogens with zero attached hydrogens (tertiary/aromatic N) is 6. The van der Waals surface area contributed by atoms with Gasteiger partial charge in [0.25, 0.3) is 0 Å². The van der Waals surface area contributed by atoms with E-state index in [1.54, 1.807) is 46.7 Å². The van der Waals surface area contributed by atoms with Gasteiger partial charge >= 0.3 is 17.4 Å². The maximum atomic E-state index is 14.5. The summed E-state index contributed by atoms with van der Waals surface area (Å²) in [6.07, 6.45) is 1.25. The lowest BCUT2D eigenvalue weighted by Gasteiger charge is -2.25. The molecule has 6 aromatic rings. The molecular formula is C51H58N8O7. The highest BCUT2D eigenvalue weighted by atomic mass is 16.5. The van der Waals surface area contributed by atoms with Crippen LogP contribution in [0.15, 0.2) is 80.2 Å². The summed E-state index contributed by atoms with van der Waals surface area (Å²) in [5.41, 5.74) is 13.5. The molecule has 8 rings (SSSR count). The SMILES string of the molecule is COc1cc2c(cc1OC)-c1cc(=Nc3c(C)cc(C)cc3C)n(CCNC(=O)NCCn3c(=Nc4c(C)cc(C)cc4C)cc4n(c3=O)CCc3cc(OC)c(OC)cc3-4)c(=O)n1CC2. The molecule has 15 nitrogen and oxygen atoms in total. The molecule has 4 aromatic carbocycles. The summed E-state index contributed by atoms with van der Waals surface area (Å²) in [6, 6.07) is 19.5. The molecule has 66 heavy (non-hydrogen) atoms. The third-order valence-corrected chi connectivity index (χ3v) is 12.5. The van der Waals surface area contributed by atoms with E-state index in [0.29, 0.717) is 59.9 Å². The van der Waals surface area contributed by atoms with Crippen molar-refractivity contribution in [3.8, 4) is 45.5 Å². The molecule has 344 valence electrons. The van der Waals surface area contributed by atoms with Crippen LogP contribution in [0.3, 0.4) is 0 Å². The van der Waals surface area contributed by atoms with Gasteiger partial charge in [-0.3, -0.25) is 18.3 Å². The van der Waals surface area contributed by atoms with Crippen LogP contribution in [0.1, 0.15) is 44.5 Å². The molecule has 0 radical (unpaired) electrons. The molecule has 15 heteroatoms. The second kappa shape index (κ2) is 18.7. The van der Waals surface area contributed by atoms with E-state index in [4.69, 9.17) is 28.9 Å². The van der Waals surface area contributed by atoms with Gasteiger partial charge in [-0.1, -0.05) is 35.4 Å². The number of aryl methyl sites for hydroxylation is 8. The molecule has 0 atom stereocenters. The number of benzene rings is 4. The smallest absolute Gasteiger partial charge is 0.330 e. The Labute approximate surface area is 383 Å². The average Bonchev–Trinajstić information content (AvgIpc) is 3.29. The van der Waals surface area contributed by atoms with Crippen molar-refractivity contribution in [3.05, 3.63) is 137 Å². The van der Waals surface area contributed by atoms with Gasteiger partial charge in [0, 0.05) is 62.5 Å². The first kappa shape index (κ1) is 45.3. The minimum Gasteiger partial charge on any atom is -0.493 e. The predicted molar refractivity (Wildman–Crippen MR) is 255 cm³/mol. The monoisotopic (exact) mass is 894 g/mol. The lowest BCUT2D eigenvalue weighted by molar-refractivity contribution is 0.239. The first-order valence-electron chi connectivity index (χ1n) is 22.2. The number of nitrogens with one attached hydrogen (secondary N) is 2. The van der Waals surface area contributed by atoms with Crippen LogP contribution in [-0.2, 0) is 39.0 Å². The molecule has 2 aliphatic heterocycles. The van der Waals surface area contributed by atoms with Gasteiger partial charge in [0.1, 0.15) is 11.0 Å². The standard InChI is InChI=1S/C51H58N8O7/c1-29-19-31(3)47(32(4)20-29)54-45-27-39-37-25-43(65-9)41(63-7)23-35(37)11-15-56(39)50(61)58(45)17-13-52-49(60)53-14-18-59-46(55-48-33(5)21-30(2)22-34(48)6)28-40-38-26-44(66-10)42(64-8)24-36(38)12-16-57(40)51(59)62/h19-28H,11-18H2,1-10H3,(H2,52,53,60). The van der Waals surface area contributed by atoms with Crippen molar-refractivity contribution in [2.45, 2.75) is 80.6 Å². The van der Waals surface area contributed by atoms with Crippen molar-refractivity contribution in [3.63, 3.8) is 0 Å². The molecule has 0 bridgehead atoms. The second-order valence-electron chi connectivity index (χ2n) is 17.1. The first-order valence-corrected chi connectivity index (χ1v) is 22.2. The van der Waals surface area contributed by atoms with Gasteiger partial charge < -0.3 is 29.6 Å². The van der Waals surface area contributed by atoms with Gasteiger partial charge in [-0.2, -0.15) is 0 Å². The molecule has 2 aliphatic rings. The number of carbonyl (C=O) groups excluding carboxylic acids is 1. The molecule has 0 unspecified atom stereocenters. The Bertz CT molecular complexity index is 2930. The number of aromatic nitrogens is 4. The van der Waals surface area contributed by atoms with Crippen molar-refractivity contribution >= 4 is 17.4 Å². The van der Waals surface area contributed by atoms with Crippen molar-refractivity contribution in [2.24, 2.45) is 9.98 Å². The maximum Gasteiger partial charge on any atom is 0.330 e. The van der Waals surface area contributed by atoms with Gasteiger partial charge in [0.15, 0.2) is 23.0 Å². The van der Waals surface area contributed by atoms with Crippen LogP contribution in [0.2, 0.25) is 0 Å². The molecule has 0 saturated carbocycles. The van der Waals surface area contributed by atoms with Crippen molar-refractivity contribution in [2.75, 3.05) is 41.5 Å². The van der Waals surface area contributed by atoms with Crippen molar-refractivity contribution in [1.82, 2.24) is 28.9 Å². The minimum absolute atomic E-state index is 0.135. The number of amides is 2. The first-order chi connectivity index (χ1) is 31.7. The van der Waals surface area contributed by atoms with E-state index in [0.717, 1.165) is 78.4 Å². The maximum absolute atomic E-state index is 14.5. The topological polar surface area (TPSA) is 157 Å². The Morgan fingerprint density at radius 1 is 0.530 bits per heavy atom. The molecule has 2 N–H and O–H groups in total.